The molecule has 8 heteroatoms. The Morgan fingerprint density at radius 2 is 2.37 bits per heavy atom. The molecule has 19 heavy (non-hydrogen) atoms. The van der Waals surface area contributed by atoms with Crippen molar-refractivity contribution in [3.63, 3.8) is 0 Å². The van der Waals surface area contributed by atoms with E-state index >= 15 is 0 Å². The second-order valence-electron chi connectivity index (χ2n) is 4.30. The first kappa shape index (κ1) is 12.8. The van der Waals surface area contributed by atoms with Crippen LogP contribution in [0.25, 0.3) is 0 Å². The Bertz CT molecular complexity index is 575. The summed E-state index contributed by atoms with van der Waals surface area (Å²) in [5, 5.41) is 28.3. The Labute approximate surface area is 108 Å². The molecule has 0 aliphatic carbocycles. The molecule has 0 unspecified atom stereocenters. The summed E-state index contributed by atoms with van der Waals surface area (Å²) < 4.78 is 0. The first-order valence-corrected chi connectivity index (χ1v) is 5.52. The van der Waals surface area contributed by atoms with E-state index in [1.54, 1.807) is 11.0 Å². The van der Waals surface area contributed by atoms with E-state index in [4.69, 9.17) is 10.4 Å². The lowest BCUT2D eigenvalue weighted by Gasteiger charge is -2.38. The summed E-state index contributed by atoms with van der Waals surface area (Å²) in [5.41, 5.74) is -0.106. The smallest absolute Gasteiger partial charge is 0.312 e. The monoisotopic (exact) mass is 262 g/mol. The molecule has 0 radical (unpaired) electrons. The Morgan fingerprint density at radius 3 is 2.89 bits per heavy atom. The number of nitriles is 1. The van der Waals surface area contributed by atoms with E-state index in [1.807, 2.05) is 0 Å². The zero-order chi connectivity index (χ0) is 14.0. The maximum absolute atomic E-state index is 10.9. The van der Waals surface area contributed by atoms with E-state index in [9.17, 15) is 14.9 Å². The van der Waals surface area contributed by atoms with Gasteiger partial charge in [-0.3, -0.25) is 14.9 Å². The highest BCUT2D eigenvalue weighted by molar-refractivity contribution is 5.68. The molecule has 1 aliphatic rings. The first-order chi connectivity index (χ1) is 9.01. The largest absolute Gasteiger partial charge is 0.481 e. The lowest BCUT2D eigenvalue weighted by Crippen LogP contribution is -2.48. The van der Waals surface area contributed by atoms with Gasteiger partial charge in [-0.2, -0.15) is 5.26 Å². The van der Waals surface area contributed by atoms with Crippen LogP contribution < -0.4 is 4.90 Å². The summed E-state index contributed by atoms with van der Waals surface area (Å²) in [4.78, 5) is 26.4. The lowest BCUT2D eigenvalue weighted by molar-refractivity contribution is -0.384. The van der Waals surface area contributed by atoms with Gasteiger partial charge in [0.2, 0.25) is 5.82 Å². The van der Waals surface area contributed by atoms with Crippen molar-refractivity contribution < 1.29 is 14.8 Å². The summed E-state index contributed by atoms with van der Waals surface area (Å²) in [6.07, 6.45) is 1.31. The fourth-order valence-corrected chi connectivity index (χ4v) is 2.00. The highest BCUT2D eigenvalue weighted by Gasteiger charge is 2.33. The molecular formula is C11H10N4O4. The SMILES string of the molecule is N#Cc1cnc(N2CC(CC(=O)O)C2)c([N+](=O)[O-])c1. The normalized spacial score (nSPS) is 14.6. The third kappa shape index (κ3) is 2.60. The molecule has 1 N–H and O–H groups in total. The summed E-state index contributed by atoms with van der Waals surface area (Å²) >= 11 is 0. The maximum Gasteiger partial charge on any atom is 0.312 e. The molecule has 0 bridgehead atoms. The van der Waals surface area contributed by atoms with Crippen LogP contribution in [-0.4, -0.2) is 34.1 Å². The predicted octanol–water partition coefficient (Wildman–Crippen LogP) is 0.772. The zero-order valence-corrected chi connectivity index (χ0v) is 9.81. The molecule has 1 saturated heterocycles. The maximum atomic E-state index is 10.9. The van der Waals surface area contributed by atoms with Gasteiger partial charge in [0.25, 0.3) is 0 Å². The summed E-state index contributed by atoms with van der Waals surface area (Å²) in [5.74, 6) is -0.716. The number of hydrogen-bond donors (Lipinski definition) is 1. The highest BCUT2D eigenvalue weighted by Crippen LogP contribution is 2.32. The van der Waals surface area contributed by atoms with Crippen molar-refractivity contribution in [2.45, 2.75) is 6.42 Å². The number of carboxylic acids is 1. The molecule has 0 atom stereocenters. The summed E-state index contributed by atoms with van der Waals surface area (Å²) in [7, 11) is 0. The van der Waals surface area contributed by atoms with Crippen molar-refractivity contribution in [2.24, 2.45) is 5.92 Å². The van der Waals surface area contributed by atoms with Crippen molar-refractivity contribution in [2.75, 3.05) is 18.0 Å². The van der Waals surface area contributed by atoms with Crippen LogP contribution in [0.4, 0.5) is 11.5 Å². The Hall–Kier alpha value is -2.69. The van der Waals surface area contributed by atoms with Crippen LogP contribution in [0.3, 0.4) is 0 Å². The quantitative estimate of drug-likeness (QED) is 0.628. The van der Waals surface area contributed by atoms with Crippen LogP contribution in [0, 0.1) is 27.4 Å². The minimum atomic E-state index is -0.882. The number of carbonyl (C=O) groups is 1. The second kappa shape index (κ2) is 4.89. The number of nitro groups is 1. The van der Waals surface area contributed by atoms with Crippen molar-refractivity contribution >= 4 is 17.5 Å². The molecule has 2 rings (SSSR count). The minimum Gasteiger partial charge on any atom is -0.481 e. The van der Waals surface area contributed by atoms with Gasteiger partial charge < -0.3 is 10.0 Å². The van der Waals surface area contributed by atoms with Gasteiger partial charge in [0.1, 0.15) is 6.07 Å². The van der Waals surface area contributed by atoms with Gasteiger partial charge in [-0.25, -0.2) is 4.98 Å². The number of carboxylic acid groups (broad SMARTS) is 1. The summed E-state index contributed by atoms with van der Waals surface area (Å²) in [6.45, 7) is 0.845. The van der Waals surface area contributed by atoms with E-state index in [2.05, 4.69) is 4.98 Å². The van der Waals surface area contributed by atoms with Crippen LogP contribution in [0.15, 0.2) is 12.3 Å². The number of aliphatic carboxylic acids is 1. The van der Waals surface area contributed by atoms with Gasteiger partial charge in [0, 0.05) is 31.3 Å². The van der Waals surface area contributed by atoms with Crippen LogP contribution in [0.5, 0.6) is 0 Å². The Morgan fingerprint density at radius 1 is 1.68 bits per heavy atom. The third-order valence-electron chi connectivity index (χ3n) is 2.89. The van der Waals surface area contributed by atoms with Crippen molar-refractivity contribution in [1.82, 2.24) is 4.98 Å². The minimum absolute atomic E-state index is 0.0189. The fourth-order valence-electron chi connectivity index (χ4n) is 2.00. The predicted molar refractivity (Wildman–Crippen MR) is 63.6 cm³/mol. The van der Waals surface area contributed by atoms with E-state index in [0.29, 0.717) is 13.1 Å². The van der Waals surface area contributed by atoms with Crippen molar-refractivity contribution in [3.8, 4) is 6.07 Å². The third-order valence-corrected chi connectivity index (χ3v) is 2.89. The Kier molecular flexibility index (Phi) is 3.29. The number of anilines is 1. The number of pyridine rings is 1. The zero-order valence-electron chi connectivity index (χ0n) is 9.81. The molecule has 1 fully saturated rings. The molecule has 0 spiro atoms. The number of hydrogen-bond acceptors (Lipinski definition) is 6. The molecule has 0 saturated carbocycles. The topological polar surface area (TPSA) is 120 Å². The van der Waals surface area contributed by atoms with Gasteiger partial charge in [0.15, 0.2) is 0 Å². The van der Waals surface area contributed by atoms with Gasteiger partial charge in [-0.1, -0.05) is 0 Å². The van der Waals surface area contributed by atoms with Crippen molar-refractivity contribution in [1.29, 1.82) is 5.26 Å². The molecule has 1 aromatic heterocycles. The van der Waals surface area contributed by atoms with Gasteiger partial charge in [-0.15, -0.1) is 0 Å². The van der Waals surface area contributed by atoms with Crippen LogP contribution in [-0.2, 0) is 4.79 Å². The van der Waals surface area contributed by atoms with Gasteiger partial charge in [-0.05, 0) is 0 Å². The number of nitrogens with zero attached hydrogens (tertiary/aromatic N) is 4. The lowest BCUT2D eigenvalue weighted by atomic mass is 9.96. The molecule has 2 heterocycles. The van der Waals surface area contributed by atoms with Crippen molar-refractivity contribution in [3.05, 3.63) is 27.9 Å². The average Bonchev–Trinajstić information content (AvgIpc) is 2.32. The Balaban J connectivity index is 2.16. The van der Waals surface area contributed by atoms with Crippen LogP contribution in [0.2, 0.25) is 0 Å². The standard InChI is InChI=1S/C11H10N4O4/c12-3-7-1-9(15(18)19)11(13-4-7)14-5-8(6-14)2-10(16)17/h1,4,8H,2,5-6H2,(H,16,17). The van der Waals surface area contributed by atoms with E-state index in [-0.39, 0.29) is 29.4 Å². The van der Waals surface area contributed by atoms with Crippen LogP contribution >= 0.6 is 0 Å². The molecule has 8 nitrogen and oxygen atoms in total. The average molecular weight is 262 g/mol. The fraction of sp³-hybridized carbons (Fsp3) is 0.364. The van der Waals surface area contributed by atoms with Crippen LogP contribution in [0.1, 0.15) is 12.0 Å². The molecule has 0 amide bonds. The van der Waals surface area contributed by atoms with Gasteiger partial charge >= 0.3 is 11.7 Å². The van der Waals surface area contributed by atoms with E-state index in [1.165, 1.54) is 12.3 Å². The number of aromatic nitrogens is 1. The molecule has 98 valence electrons. The van der Waals surface area contributed by atoms with Gasteiger partial charge in [0.05, 0.1) is 16.9 Å². The first-order valence-electron chi connectivity index (χ1n) is 5.52. The highest BCUT2D eigenvalue weighted by atomic mass is 16.6. The summed E-state index contributed by atoms with van der Waals surface area (Å²) in [6, 6.07) is 2.97. The molecular weight excluding hydrogens is 252 g/mol. The molecule has 1 aliphatic heterocycles. The van der Waals surface area contributed by atoms with E-state index < -0.39 is 10.9 Å². The molecule has 0 aromatic carbocycles. The van der Waals surface area contributed by atoms with E-state index in [0.717, 1.165) is 0 Å². The number of rotatable bonds is 4. The second-order valence-corrected chi connectivity index (χ2v) is 4.30. The molecule has 1 aromatic rings.